The maximum atomic E-state index is 14.3. The summed E-state index contributed by atoms with van der Waals surface area (Å²) < 4.78 is 24.5. The highest BCUT2D eigenvalue weighted by molar-refractivity contribution is 7.13. The number of thiazole rings is 1. The summed E-state index contributed by atoms with van der Waals surface area (Å²) in [4.78, 5) is 34.8. The first-order valence-corrected chi connectivity index (χ1v) is 11.5. The van der Waals surface area contributed by atoms with Gasteiger partial charge in [0.2, 0.25) is 0 Å². The maximum absolute atomic E-state index is 14.3. The number of methoxy groups -OCH3 is 2. The third kappa shape index (κ3) is 4.17. The van der Waals surface area contributed by atoms with E-state index in [1.807, 2.05) is 24.3 Å². The highest BCUT2D eigenvalue weighted by atomic mass is 32.1. The van der Waals surface area contributed by atoms with Gasteiger partial charge >= 0.3 is 11.9 Å². The lowest BCUT2D eigenvalue weighted by Gasteiger charge is -2.32. The quantitative estimate of drug-likeness (QED) is 0.458. The molecule has 1 aromatic heterocycles. The van der Waals surface area contributed by atoms with Crippen LogP contribution >= 0.6 is 11.3 Å². The number of halogens is 1. The summed E-state index contributed by atoms with van der Waals surface area (Å²) in [6, 6.07) is 13.9. The molecule has 1 aliphatic heterocycles. The van der Waals surface area contributed by atoms with Crippen LogP contribution in [0.4, 0.5) is 4.39 Å². The van der Waals surface area contributed by atoms with E-state index in [2.05, 4.69) is 9.98 Å². The zero-order valence-electron chi connectivity index (χ0n) is 19.2. The maximum Gasteiger partial charge on any atom is 0.336 e. The molecule has 0 fully saturated rings. The van der Waals surface area contributed by atoms with Crippen molar-refractivity contribution >= 4 is 29.0 Å². The number of ether oxygens (including phenoxy) is 2. The van der Waals surface area contributed by atoms with Crippen molar-refractivity contribution < 1.29 is 23.5 Å². The second kappa shape index (κ2) is 9.69. The minimum absolute atomic E-state index is 0.293. The van der Waals surface area contributed by atoms with Crippen LogP contribution in [0.3, 0.4) is 0 Å². The Morgan fingerprint density at radius 3 is 2.32 bits per heavy atom. The van der Waals surface area contributed by atoms with Gasteiger partial charge in [0.1, 0.15) is 16.7 Å². The molecule has 0 saturated carbocycles. The van der Waals surface area contributed by atoms with Gasteiger partial charge in [0.15, 0.2) is 0 Å². The van der Waals surface area contributed by atoms with Crippen molar-refractivity contribution in [3.8, 4) is 21.8 Å². The molecule has 0 spiro atoms. The first-order chi connectivity index (χ1) is 16.4. The van der Waals surface area contributed by atoms with E-state index in [9.17, 15) is 14.0 Å². The van der Waals surface area contributed by atoms with Crippen LogP contribution in [0.15, 0.2) is 70.2 Å². The van der Waals surface area contributed by atoms with Crippen molar-refractivity contribution in [2.75, 3.05) is 14.2 Å². The van der Waals surface area contributed by atoms with Crippen molar-refractivity contribution in [2.24, 2.45) is 10.9 Å². The molecule has 2 heterocycles. The summed E-state index contributed by atoms with van der Waals surface area (Å²) in [7, 11) is 2.61. The molecule has 0 radical (unpaired) electrons. The molecule has 34 heavy (non-hydrogen) atoms. The summed E-state index contributed by atoms with van der Waals surface area (Å²) in [5.74, 6) is -2.91. The Bertz CT molecular complexity index is 1330. The van der Waals surface area contributed by atoms with Crippen LogP contribution in [0.25, 0.3) is 21.8 Å². The number of hydrogen-bond donors (Lipinski definition) is 0. The summed E-state index contributed by atoms with van der Waals surface area (Å²) >= 11 is 1.36. The van der Waals surface area contributed by atoms with Crippen LogP contribution < -0.4 is 0 Å². The first kappa shape index (κ1) is 23.5. The molecule has 0 amide bonds. The highest BCUT2D eigenvalue weighted by Crippen LogP contribution is 2.44. The smallest absolute Gasteiger partial charge is 0.336 e. The normalized spacial score (nSPS) is 17.9. The van der Waals surface area contributed by atoms with Gasteiger partial charge in [-0.25, -0.2) is 14.2 Å². The van der Waals surface area contributed by atoms with E-state index in [0.717, 1.165) is 5.56 Å². The van der Waals surface area contributed by atoms with Crippen molar-refractivity contribution in [2.45, 2.75) is 19.8 Å². The number of allylic oxidation sites excluding steroid dienone is 1. The lowest BCUT2D eigenvalue weighted by Crippen LogP contribution is -2.36. The number of aliphatic imine (C=N–C) groups is 1. The monoisotopic (exact) mass is 478 g/mol. The minimum Gasteiger partial charge on any atom is -0.468 e. The molecular formula is C26H23FN2O4S. The average Bonchev–Trinajstić information content (AvgIpc) is 3.33. The van der Waals surface area contributed by atoms with Crippen molar-refractivity contribution in [3.63, 3.8) is 0 Å². The fourth-order valence-corrected chi connectivity index (χ4v) is 5.20. The van der Waals surface area contributed by atoms with Gasteiger partial charge in [-0.2, -0.15) is 0 Å². The molecule has 2 atom stereocenters. The standard InChI is InChI=1S/C26H23FN2O4S/c1-14-21(25(30)32-3)23(22(15(2)28-14)26(31)33-4)16-9-5-6-10-17(16)24-29-20(13-34-24)18-11-7-8-12-19(18)27/h5-13,21,23H,1-4H3. The molecule has 3 aromatic rings. The number of benzene rings is 2. The van der Waals surface area contributed by atoms with Crippen LogP contribution in [0.5, 0.6) is 0 Å². The van der Waals surface area contributed by atoms with Crippen LogP contribution in [0.1, 0.15) is 25.3 Å². The van der Waals surface area contributed by atoms with Crippen LogP contribution in [0, 0.1) is 11.7 Å². The summed E-state index contributed by atoms with van der Waals surface area (Å²) in [6.07, 6.45) is 0. The third-order valence-electron chi connectivity index (χ3n) is 5.87. The van der Waals surface area contributed by atoms with Crippen molar-refractivity contribution in [3.05, 3.63) is 76.6 Å². The molecule has 0 bridgehead atoms. The van der Waals surface area contributed by atoms with Crippen LogP contribution in [-0.4, -0.2) is 36.9 Å². The number of carbonyl (C=O) groups is 2. The Balaban J connectivity index is 1.89. The van der Waals surface area contributed by atoms with Crippen molar-refractivity contribution in [1.29, 1.82) is 0 Å². The number of aromatic nitrogens is 1. The van der Waals surface area contributed by atoms with Gasteiger partial charge in [-0.3, -0.25) is 9.79 Å². The topological polar surface area (TPSA) is 77.8 Å². The number of rotatable bonds is 5. The molecule has 2 unspecified atom stereocenters. The van der Waals surface area contributed by atoms with Gasteiger partial charge in [-0.05, 0) is 31.5 Å². The number of carbonyl (C=O) groups excluding carboxylic acids is 2. The molecule has 0 aliphatic carbocycles. The number of nitrogens with zero attached hydrogens (tertiary/aromatic N) is 2. The largest absolute Gasteiger partial charge is 0.468 e. The second-order valence-corrected chi connectivity index (χ2v) is 8.69. The minimum atomic E-state index is -0.810. The fraction of sp³-hybridized carbons (Fsp3) is 0.231. The molecule has 0 N–H and O–H groups in total. The summed E-state index contributed by atoms with van der Waals surface area (Å²) in [6.45, 7) is 3.47. The Kier molecular flexibility index (Phi) is 6.70. The van der Waals surface area contributed by atoms with E-state index < -0.39 is 23.8 Å². The van der Waals surface area contributed by atoms with Gasteiger partial charge in [0, 0.05) is 33.8 Å². The number of esters is 2. The van der Waals surface area contributed by atoms with Crippen LogP contribution in [0.2, 0.25) is 0 Å². The highest BCUT2D eigenvalue weighted by Gasteiger charge is 2.43. The van der Waals surface area contributed by atoms with Gasteiger partial charge in [-0.1, -0.05) is 36.4 Å². The average molecular weight is 479 g/mol. The zero-order chi connectivity index (χ0) is 24.4. The van der Waals surface area contributed by atoms with Crippen molar-refractivity contribution in [1.82, 2.24) is 4.98 Å². The molecule has 6 nitrogen and oxygen atoms in total. The van der Waals surface area contributed by atoms with Gasteiger partial charge < -0.3 is 9.47 Å². The molecule has 1 aliphatic rings. The van der Waals surface area contributed by atoms with E-state index in [0.29, 0.717) is 38.8 Å². The molecular weight excluding hydrogens is 455 g/mol. The Morgan fingerprint density at radius 1 is 0.971 bits per heavy atom. The SMILES string of the molecule is COC(=O)C1=C(C)N=C(C)C(C(=O)OC)C1c1ccccc1-c1nc(-c2ccccc2F)cs1. The van der Waals surface area contributed by atoms with E-state index in [1.165, 1.54) is 31.6 Å². The van der Waals surface area contributed by atoms with Gasteiger partial charge in [-0.15, -0.1) is 11.3 Å². The Morgan fingerprint density at radius 2 is 1.65 bits per heavy atom. The lowest BCUT2D eigenvalue weighted by molar-refractivity contribution is -0.143. The zero-order valence-corrected chi connectivity index (χ0v) is 20.0. The molecule has 4 rings (SSSR count). The van der Waals surface area contributed by atoms with Gasteiger partial charge in [0.25, 0.3) is 0 Å². The molecule has 2 aromatic carbocycles. The predicted octanol–water partition coefficient (Wildman–Crippen LogP) is 5.41. The van der Waals surface area contributed by atoms with Gasteiger partial charge in [0.05, 0.1) is 25.5 Å². The molecule has 0 saturated heterocycles. The van der Waals surface area contributed by atoms with E-state index in [4.69, 9.17) is 9.47 Å². The van der Waals surface area contributed by atoms with E-state index in [1.54, 1.807) is 37.4 Å². The third-order valence-corrected chi connectivity index (χ3v) is 6.74. The predicted molar refractivity (Wildman–Crippen MR) is 129 cm³/mol. The Hall–Kier alpha value is -3.65. The molecule has 174 valence electrons. The lowest BCUT2D eigenvalue weighted by atomic mass is 9.74. The summed E-state index contributed by atoms with van der Waals surface area (Å²) in [5.41, 5.74) is 3.68. The van der Waals surface area contributed by atoms with E-state index >= 15 is 0 Å². The first-order valence-electron chi connectivity index (χ1n) is 10.6. The number of hydrogen-bond acceptors (Lipinski definition) is 7. The van der Waals surface area contributed by atoms with E-state index in [-0.39, 0.29) is 5.82 Å². The second-order valence-electron chi connectivity index (χ2n) is 7.83. The summed E-state index contributed by atoms with van der Waals surface area (Å²) in [5, 5.41) is 2.43. The fourth-order valence-electron chi connectivity index (χ4n) is 4.33. The Labute approximate surface area is 200 Å². The molecule has 8 heteroatoms. The van der Waals surface area contributed by atoms with Crippen LogP contribution in [-0.2, 0) is 19.1 Å².